The monoisotopic (exact) mass is 406 g/mol. The number of amides is 1. The molecule has 3 nitrogen and oxygen atoms in total. The average Bonchev–Trinajstić information content (AvgIpc) is 3.01. The Morgan fingerprint density at radius 2 is 2.07 bits per heavy atom. The number of carbonyl (C=O) groups excluding carboxylic acids is 1. The van der Waals surface area contributed by atoms with E-state index in [2.05, 4.69) is 10.3 Å². The van der Waals surface area contributed by atoms with Gasteiger partial charge in [-0.15, -0.1) is 11.3 Å². The van der Waals surface area contributed by atoms with Crippen molar-refractivity contribution >= 4 is 28.8 Å². The number of rotatable bonds is 6. The van der Waals surface area contributed by atoms with E-state index in [1.807, 2.05) is 29.6 Å². The van der Waals surface area contributed by atoms with Gasteiger partial charge < -0.3 is 5.32 Å². The van der Waals surface area contributed by atoms with Gasteiger partial charge in [0.25, 0.3) is 0 Å². The summed E-state index contributed by atoms with van der Waals surface area (Å²) in [4.78, 5) is 16.7. The van der Waals surface area contributed by atoms with E-state index in [4.69, 9.17) is 11.6 Å². The van der Waals surface area contributed by atoms with Crippen LogP contribution in [0.25, 0.3) is 0 Å². The molecule has 0 bridgehead atoms. The minimum atomic E-state index is -0.680. The van der Waals surface area contributed by atoms with Gasteiger partial charge in [0.15, 0.2) is 0 Å². The summed E-state index contributed by atoms with van der Waals surface area (Å²) in [6, 6.07) is 10.3. The Hall–Kier alpha value is -2.31. The predicted octanol–water partition coefficient (Wildman–Crippen LogP) is 5.09. The first-order valence-corrected chi connectivity index (χ1v) is 9.58. The van der Waals surface area contributed by atoms with Crippen LogP contribution in [0.3, 0.4) is 0 Å². The highest BCUT2D eigenvalue weighted by Gasteiger charge is 2.15. The van der Waals surface area contributed by atoms with E-state index >= 15 is 0 Å². The Kier molecular flexibility index (Phi) is 6.19. The molecule has 1 aromatic heterocycles. The van der Waals surface area contributed by atoms with E-state index < -0.39 is 17.7 Å². The number of hydrogen-bond acceptors (Lipinski definition) is 3. The molecule has 0 fully saturated rings. The van der Waals surface area contributed by atoms with Gasteiger partial charge in [0, 0.05) is 28.5 Å². The SMILES string of the molecule is CC(NC(=O)Cc1csc(Cc2cccc(Cl)c2)n1)c1ccc(F)cc1F. The van der Waals surface area contributed by atoms with Crippen molar-refractivity contribution in [3.05, 3.63) is 86.3 Å². The van der Waals surface area contributed by atoms with Crippen LogP contribution in [0.2, 0.25) is 5.02 Å². The number of carbonyl (C=O) groups is 1. The molecule has 0 aliphatic rings. The average molecular weight is 407 g/mol. The summed E-state index contributed by atoms with van der Waals surface area (Å²) in [5, 5.41) is 6.11. The molecule has 0 saturated carbocycles. The van der Waals surface area contributed by atoms with Crippen LogP contribution < -0.4 is 5.32 Å². The van der Waals surface area contributed by atoms with Gasteiger partial charge in [0.1, 0.15) is 11.6 Å². The maximum Gasteiger partial charge on any atom is 0.226 e. The molecule has 1 heterocycles. The Morgan fingerprint density at radius 3 is 2.81 bits per heavy atom. The van der Waals surface area contributed by atoms with Crippen LogP contribution in [0.1, 0.15) is 34.8 Å². The molecular weight excluding hydrogens is 390 g/mol. The highest BCUT2D eigenvalue weighted by molar-refractivity contribution is 7.09. The molecule has 0 spiro atoms. The fourth-order valence-electron chi connectivity index (χ4n) is 2.72. The maximum atomic E-state index is 13.8. The Balaban J connectivity index is 1.59. The highest BCUT2D eigenvalue weighted by Crippen LogP contribution is 2.20. The van der Waals surface area contributed by atoms with Crippen LogP contribution in [0.4, 0.5) is 8.78 Å². The number of nitrogens with one attached hydrogen (secondary N) is 1. The second kappa shape index (κ2) is 8.59. The van der Waals surface area contributed by atoms with Crippen molar-refractivity contribution in [1.29, 1.82) is 0 Å². The molecule has 27 heavy (non-hydrogen) atoms. The van der Waals surface area contributed by atoms with Crippen LogP contribution in [-0.2, 0) is 17.6 Å². The van der Waals surface area contributed by atoms with Gasteiger partial charge >= 0.3 is 0 Å². The number of benzene rings is 2. The number of aromatic nitrogens is 1. The first-order valence-electron chi connectivity index (χ1n) is 8.33. The number of nitrogens with zero attached hydrogens (tertiary/aromatic N) is 1. The van der Waals surface area contributed by atoms with Crippen molar-refractivity contribution in [3.63, 3.8) is 0 Å². The van der Waals surface area contributed by atoms with Crippen molar-refractivity contribution in [3.8, 4) is 0 Å². The second-order valence-electron chi connectivity index (χ2n) is 6.17. The first-order chi connectivity index (χ1) is 12.9. The summed E-state index contributed by atoms with van der Waals surface area (Å²) in [5.41, 5.74) is 1.94. The van der Waals surface area contributed by atoms with Crippen molar-refractivity contribution in [2.75, 3.05) is 0 Å². The van der Waals surface area contributed by atoms with Crippen LogP contribution in [0.15, 0.2) is 47.8 Å². The molecule has 0 radical (unpaired) electrons. The van der Waals surface area contributed by atoms with E-state index in [0.29, 0.717) is 17.1 Å². The Morgan fingerprint density at radius 1 is 1.26 bits per heavy atom. The molecule has 3 rings (SSSR count). The second-order valence-corrected chi connectivity index (χ2v) is 7.55. The fraction of sp³-hybridized carbons (Fsp3) is 0.200. The summed E-state index contributed by atoms with van der Waals surface area (Å²) >= 11 is 7.46. The smallest absolute Gasteiger partial charge is 0.226 e. The van der Waals surface area contributed by atoms with Crippen molar-refractivity contribution < 1.29 is 13.6 Å². The van der Waals surface area contributed by atoms with E-state index in [1.54, 1.807) is 6.92 Å². The van der Waals surface area contributed by atoms with E-state index in [0.717, 1.165) is 16.6 Å². The molecule has 1 atom stereocenters. The molecule has 0 saturated heterocycles. The number of thiazole rings is 1. The summed E-state index contributed by atoms with van der Waals surface area (Å²) in [7, 11) is 0. The maximum absolute atomic E-state index is 13.8. The molecule has 140 valence electrons. The van der Waals surface area contributed by atoms with Gasteiger partial charge in [0.2, 0.25) is 5.91 Å². The number of hydrogen-bond donors (Lipinski definition) is 1. The van der Waals surface area contributed by atoms with Crippen LogP contribution in [0, 0.1) is 11.6 Å². The van der Waals surface area contributed by atoms with Gasteiger partial charge in [-0.25, -0.2) is 13.8 Å². The lowest BCUT2D eigenvalue weighted by molar-refractivity contribution is -0.121. The summed E-state index contributed by atoms with van der Waals surface area (Å²) in [6.07, 6.45) is 0.739. The molecule has 0 aliphatic carbocycles. The van der Waals surface area contributed by atoms with Gasteiger partial charge in [-0.3, -0.25) is 4.79 Å². The zero-order valence-electron chi connectivity index (χ0n) is 14.5. The van der Waals surface area contributed by atoms with E-state index in [9.17, 15) is 13.6 Å². The van der Waals surface area contributed by atoms with Crippen molar-refractivity contribution in [2.45, 2.75) is 25.8 Å². The Bertz CT molecular complexity index is 961. The first kappa shape index (κ1) is 19.5. The molecule has 3 aromatic rings. The molecule has 1 N–H and O–H groups in total. The summed E-state index contributed by atoms with van der Waals surface area (Å²) in [6.45, 7) is 1.65. The van der Waals surface area contributed by atoms with E-state index in [1.165, 1.54) is 23.5 Å². The van der Waals surface area contributed by atoms with Crippen molar-refractivity contribution in [2.24, 2.45) is 0 Å². The quantitative estimate of drug-likeness (QED) is 0.619. The van der Waals surface area contributed by atoms with Gasteiger partial charge in [-0.2, -0.15) is 0 Å². The number of halogens is 3. The minimum Gasteiger partial charge on any atom is -0.349 e. The topological polar surface area (TPSA) is 42.0 Å². The lowest BCUT2D eigenvalue weighted by Gasteiger charge is -2.14. The Labute approximate surface area is 165 Å². The summed E-state index contributed by atoms with van der Waals surface area (Å²) < 4.78 is 26.8. The van der Waals surface area contributed by atoms with E-state index in [-0.39, 0.29) is 17.9 Å². The summed E-state index contributed by atoms with van der Waals surface area (Å²) in [5.74, 6) is -1.60. The van der Waals surface area contributed by atoms with Gasteiger partial charge in [-0.05, 0) is 30.7 Å². The third-order valence-corrected chi connectivity index (χ3v) is 5.12. The standard InChI is InChI=1S/C20H17ClF2N2OS/c1-12(17-6-5-15(22)9-18(17)23)24-19(26)10-16-11-27-20(25-16)8-13-3-2-4-14(21)7-13/h2-7,9,11-12H,8,10H2,1H3,(H,24,26). The zero-order valence-corrected chi connectivity index (χ0v) is 16.1. The van der Waals surface area contributed by atoms with Gasteiger partial charge in [0.05, 0.1) is 23.2 Å². The predicted molar refractivity (Wildman–Crippen MR) is 103 cm³/mol. The molecule has 2 aromatic carbocycles. The van der Waals surface area contributed by atoms with Crippen LogP contribution in [-0.4, -0.2) is 10.9 Å². The third kappa shape index (κ3) is 5.34. The van der Waals surface area contributed by atoms with Crippen molar-refractivity contribution in [1.82, 2.24) is 10.3 Å². The normalized spacial score (nSPS) is 12.0. The third-order valence-electron chi connectivity index (χ3n) is 3.99. The fourth-order valence-corrected chi connectivity index (χ4v) is 3.76. The largest absolute Gasteiger partial charge is 0.349 e. The lowest BCUT2D eigenvalue weighted by atomic mass is 10.1. The molecule has 0 aliphatic heterocycles. The minimum absolute atomic E-state index is 0.0964. The highest BCUT2D eigenvalue weighted by atomic mass is 35.5. The van der Waals surface area contributed by atoms with Gasteiger partial charge in [-0.1, -0.05) is 29.8 Å². The molecule has 1 unspecified atom stereocenters. The molecule has 1 amide bonds. The lowest BCUT2D eigenvalue weighted by Crippen LogP contribution is -2.28. The molecule has 7 heteroatoms. The molecular formula is C20H17ClF2N2OS. The zero-order chi connectivity index (χ0) is 19.4. The van der Waals surface area contributed by atoms with Crippen LogP contribution >= 0.6 is 22.9 Å². The van der Waals surface area contributed by atoms with Crippen LogP contribution in [0.5, 0.6) is 0 Å².